The highest BCUT2D eigenvalue weighted by Gasteiger charge is 2.33. The Morgan fingerprint density at radius 2 is 2.29 bits per heavy atom. The number of nitrogens with one attached hydrogen (secondary N) is 1. The normalized spacial score (nSPS) is 28.6. The van der Waals surface area contributed by atoms with Crippen LogP contribution in [0.2, 0.25) is 0 Å². The standard InChI is InChI=1S/C14H19N3/c1-12-4-6-14(11-15,7-5-12)17-10-13-3-2-8-16-9-13/h2-3,8-9,12,17H,4-7,10H2,1H3. The molecule has 0 amide bonds. The molecular formula is C14H19N3. The summed E-state index contributed by atoms with van der Waals surface area (Å²) in [5.74, 6) is 0.761. The molecule has 1 N–H and O–H groups in total. The van der Waals surface area contributed by atoms with Crippen LogP contribution in [-0.4, -0.2) is 10.5 Å². The van der Waals surface area contributed by atoms with Gasteiger partial charge < -0.3 is 0 Å². The van der Waals surface area contributed by atoms with Gasteiger partial charge in [0.25, 0.3) is 0 Å². The fourth-order valence-corrected chi connectivity index (χ4v) is 2.36. The minimum absolute atomic E-state index is 0.317. The molecule has 0 bridgehead atoms. The average molecular weight is 229 g/mol. The second-order valence-corrected chi connectivity index (χ2v) is 5.09. The van der Waals surface area contributed by atoms with Crippen molar-refractivity contribution in [3.63, 3.8) is 0 Å². The van der Waals surface area contributed by atoms with E-state index >= 15 is 0 Å². The molecule has 1 aromatic heterocycles. The van der Waals surface area contributed by atoms with Crippen LogP contribution in [0.15, 0.2) is 24.5 Å². The van der Waals surface area contributed by atoms with Gasteiger partial charge in [0, 0.05) is 18.9 Å². The van der Waals surface area contributed by atoms with Gasteiger partial charge in [0.2, 0.25) is 0 Å². The summed E-state index contributed by atoms with van der Waals surface area (Å²) < 4.78 is 0. The van der Waals surface area contributed by atoms with E-state index in [1.54, 1.807) is 6.20 Å². The van der Waals surface area contributed by atoms with Gasteiger partial charge in [0.1, 0.15) is 5.54 Å². The lowest BCUT2D eigenvalue weighted by atomic mass is 9.78. The van der Waals surface area contributed by atoms with E-state index < -0.39 is 0 Å². The monoisotopic (exact) mass is 229 g/mol. The van der Waals surface area contributed by atoms with Crippen molar-refractivity contribution in [1.82, 2.24) is 10.3 Å². The maximum atomic E-state index is 9.38. The maximum Gasteiger partial charge on any atom is 0.107 e. The summed E-state index contributed by atoms with van der Waals surface area (Å²) >= 11 is 0. The number of hydrogen-bond acceptors (Lipinski definition) is 3. The predicted molar refractivity (Wildman–Crippen MR) is 67.1 cm³/mol. The van der Waals surface area contributed by atoms with Gasteiger partial charge >= 0.3 is 0 Å². The van der Waals surface area contributed by atoms with Crippen molar-refractivity contribution in [2.75, 3.05) is 0 Å². The van der Waals surface area contributed by atoms with E-state index in [0.717, 1.165) is 43.7 Å². The van der Waals surface area contributed by atoms with Crippen molar-refractivity contribution in [3.8, 4) is 6.07 Å². The van der Waals surface area contributed by atoms with Crippen molar-refractivity contribution in [3.05, 3.63) is 30.1 Å². The lowest BCUT2D eigenvalue weighted by molar-refractivity contribution is 0.248. The first-order chi connectivity index (χ1) is 8.24. The van der Waals surface area contributed by atoms with E-state index in [-0.39, 0.29) is 5.54 Å². The zero-order valence-corrected chi connectivity index (χ0v) is 10.3. The molecule has 0 atom stereocenters. The summed E-state index contributed by atoms with van der Waals surface area (Å²) in [6.07, 6.45) is 7.84. The third kappa shape index (κ3) is 3.04. The maximum absolute atomic E-state index is 9.38. The Bertz CT molecular complexity index is 386. The van der Waals surface area contributed by atoms with E-state index in [1.807, 2.05) is 18.3 Å². The van der Waals surface area contributed by atoms with Crippen molar-refractivity contribution in [1.29, 1.82) is 5.26 Å². The lowest BCUT2D eigenvalue weighted by Crippen LogP contribution is -2.46. The highest BCUT2D eigenvalue weighted by atomic mass is 15.0. The number of nitrogens with zero attached hydrogens (tertiary/aromatic N) is 2. The van der Waals surface area contributed by atoms with E-state index in [9.17, 15) is 5.26 Å². The lowest BCUT2D eigenvalue weighted by Gasteiger charge is -2.34. The molecule has 0 radical (unpaired) electrons. The van der Waals surface area contributed by atoms with Crippen LogP contribution in [-0.2, 0) is 6.54 Å². The third-order valence-corrected chi connectivity index (χ3v) is 3.70. The van der Waals surface area contributed by atoms with Gasteiger partial charge in [-0.15, -0.1) is 0 Å². The molecule has 1 fully saturated rings. The Hall–Kier alpha value is -1.40. The Balaban J connectivity index is 1.95. The van der Waals surface area contributed by atoms with Gasteiger partial charge in [-0.05, 0) is 43.2 Å². The first-order valence-corrected chi connectivity index (χ1v) is 6.29. The molecule has 2 rings (SSSR count). The quantitative estimate of drug-likeness (QED) is 0.866. The van der Waals surface area contributed by atoms with Crippen LogP contribution in [0.4, 0.5) is 0 Å². The van der Waals surface area contributed by atoms with E-state index in [4.69, 9.17) is 0 Å². The van der Waals surface area contributed by atoms with Crippen LogP contribution in [0.25, 0.3) is 0 Å². The van der Waals surface area contributed by atoms with Gasteiger partial charge in [0.05, 0.1) is 6.07 Å². The van der Waals surface area contributed by atoms with Crippen LogP contribution in [0.5, 0.6) is 0 Å². The third-order valence-electron chi connectivity index (χ3n) is 3.70. The van der Waals surface area contributed by atoms with Crippen molar-refractivity contribution in [2.24, 2.45) is 5.92 Å². The van der Waals surface area contributed by atoms with Crippen LogP contribution in [0, 0.1) is 17.2 Å². The Morgan fingerprint density at radius 3 is 2.88 bits per heavy atom. The second kappa shape index (κ2) is 5.29. The van der Waals surface area contributed by atoms with Crippen molar-refractivity contribution < 1.29 is 0 Å². The minimum atomic E-state index is -0.317. The molecule has 1 aliphatic rings. The van der Waals surface area contributed by atoms with Gasteiger partial charge in [-0.3, -0.25) is 10.3 Å². The van der Waals surface area contributed by atoms with Gasteiger partial charge in [0.15, 0.2) is 0 Å². The summed E-state index contributed by atoms with van der Waals surface area (Å²) in [6, 6.07) is 6.44. The molecule has 0 saturated heterocycles. The van der Waals surface area contributed by atoms with Crippen molar-refractivity contribution >= 4 is 0 Å². The minimum Gasteiger partial charge on any atom is -0.295 e. The number of nitriles is 1. The molecule has 1 aromatic rings. The largest absolute Gasteiger partial charge is 0.295 e. The fraction of sp³-hybridized carbons (Fsp3) is 0.571. The first kappa shape index (κ1) is 12.1. The molecule has 0 spiro atoms. The molecule has 90 valence electrons. The molecular weight excluding hydrogens is 210 g/mol. The zero-order valence-electron chi connectivity index (χ0n) is 10.3. The molecule has 3 nitrogen and oxygen atoms in total. The van der Waals surface area contributed by atoms with Crippen LogP contribution < -0.4 is 5.32 Å². The Morgan fingerprint density at radius 1 is 1.53 bits per heavy atom. The van der Waals surface area contributed by atoms with E-state index in [0.29, 0.717) is 0 Å². The van der Waals surface area contributed by atoms with Crippen molar-refractivity contribution in [2.45, 2.75) is 44.7 Å². The van der Waals surface area contributed by atoms with Gasteiger partial charge in [-0.1, -0.05) is 13.0 Å². The molecule has 0 unspecified atom stereocenters. The SMILES string of the molecule is CC1CCC(C#N)(NCc2cccnc2)CC1. The van der Waals surface area contributed by atoms with E-state index in [2.05, 4.69) is 23.3 Å². The van der Waals surface area contributed by atoms with Crippen LogP contribution in [0.1, 0.15) is 38.2 Å². The second-order valence-electron chi connectivity index (χ2n) is 5.09. The predicted octanol–water partition coefficient (Wildman–Crippen LogP) is 2.64. The molecule has 1 aliphatic carbocycles. The van der Waals surface area contributed by atoms with Crippen LogP contribution >= 0.6 is 0 Å². The smallest absolute Gasteiger partial charge is 0.107 e. The van der Waals surface area contributed by atoms with Gasteiger partial charge in [-0.25, -0.2) is 0 Å². The highest BCUT2D eigenvalue weighted by molar-refractivity contribution is 5.13. The molecule has 3 heteroatoms. The number of rotatable bonds is 3. The Labute approximate surface area is 103 Å². The molecule has 17 heavy (non-hydrogen) atoms. The molecule has 0 aromatic carbocycles. The number of pyridine rings is 1. The summed E-state index contributed by atoms with van der Waals surface area (Å²) in [7, 11) is 0. The average Bonchev–Trinajstić information content (AvgIpc) is 2.40. The number of aromatic nitrogens is 1. The Kier molecular flexibility index (Phi) is 3.75. The fourth-order valence-electron chi connectivity index (χ4n) is 2.36. The highest BCUT2D eigenvalue weighted by Crippen LogP contribution is 2.31. The molecule has 1 saturated carbocycles. The summed E-state index contributed by atoms with van der Waals surface area (Å²) in [5, 5.41) is 12.8. The topological polar surface area (TPSA) is 48.7 Å². The molecule has 1 heterocycles. The van der Waals surface area contributed by atoms with Crippen LogP contribution in [0.3, 0.4) is 0 Å². The van der Waals surface area contributed by atoms with Gasteiger partial charge in [-0.2, -0.15) is 5.26 Å². The first-order valence-electron chi connectivity index (χ1n) is 6.29. The summed E-state index contributed by atoms with van der Waals surface area (Å²) in [6.45, 7) is 3.00. The number of hydrogen-bond donors (Lipinski definition) is 1. The summed E-state index contributed by atoms with van der Waals surface area (Å²) in [4.78, 5) is 4.09. The molecule has 0 aliphatic heterocycles. The van der Waals surface area contributed by atoms with E-state index in [1.165, 1.54) is 0 Å². The zero-order chi connectivity index (χ0) is 12.1. The summed E-state index contributed by atoms with van der Waals surface area (Å²) in [5.41, 5.74) is 0.822.